The molecule has 0 unspecified atom stereocenters. The van der Waals surface area contributed by atoms with E-state index >= 15 is 0 Å². The zero-order valence-electron chi connectivity index (χ0n) is 85.1. The van der Waals surface area contributed by atoms with E-state index in [4.69, 9.17) is 110 Å². The van der Waals surface area contributed by atoms with Crippen LogP contribution in [0.15, 0.2) is 12.2 Å². The van der Waals surface area contributed by atoms with Crippen LogP contribution in [0.2, 0.25) is 307 Å². The van der Waals surface area contributed by atoms with Gasteiger partial charge in [-0.3, -0.25) is 0 Å². The van der Waals surface area contributed by atoms with Gasteiger partial charge in [0.1, 0.15) is 6.61 Å². The fourth-order valence-electron chi connectivity index (χ4n) is 16.4. The molecule has 0 aromatic heterocycles. The predicted molar refractivity (Wildman–Crippen MR) is 542 cm³/mol. The third kappa shape index (κ3) is 60.4. The van der Waals surface area contributed by atoms with Crippen molar-refractivity contribution in [2.75, 3.05) is 59.5 Å². The fourth-order valence-corrected chi connectivity index (χ4v) is 137. The van der Waals surface area contributed by atoms with Gasteiger partial charge in [0.15, 0.2) is 7.83 Å². The number of rotatable bonds is 68. The fraction of sp³-hybridized carbons (Fsp3) is 0.957. The van der Waals surface area contributed by atoms with E-state index in [1.54, 1.807) is 20.0 Å². The van der Waals surface area contributed by atoms with Crippen molar-refractivity contribution in [3.63, 3.8) is 0 Å². The molecule has 0 saturated carbocycles. The van der Waals surface area contributed by atoms with Gasteiger partial charge in [-0.15, -0.1) is 0 Å². The zero-order valence-corrected chi connectivity index (χ0v) is 108. The van der Waals surface area contributed by atoms with Gasteiger partial charge in [-0.25, -0.2) is 4.79 Å². The van der Waals surface area contributed by atoms with E-state index in [1.165, 1.54) is 57.4 Å². The van der Waals surface area contributed by atoms with Crippen LogP contribution < -0.4 is 0 Å². The quantitative estimate of drug-likeness (QED) is 0.0256. The van der Waals surface area contributed by atoms with Crippen LogP contribution in [0.5, 0.6) is 0 Å². The maximum Gasteiger partial charge on any atom is 0.333 e. The van der Waals surface area contributed by atoms with Gasteiger partial charge in [-0.1, -0.05) is 77.1 Å². The standard InChI is InChI=1S/C69H182O28Si23/c1-68(2)69(70)76-66-65-75-64-63-74-62-61-73-60-59-72-58-56-54-52-50-49-51-53-55-57-67-98(3,4)120(47,48)97-119(45,46)96-118(43,44)95-117(41,42)94-116(39,40)93-115(37,38)92-114(35,36)91-113(33,34)90-112(31,32)89-111(29,30)88-110(27,28)87-109(25,26)86-108(23,24)85-107(21,22)84-106(19,20)83-105(17,18)82-104(15,16)81-103(13,14)80-102(11,12)79-101(9,10)78-100(7,8)77-99(5,6)71/h71H,1,49-67H2,2-48H3. The highest BCUT2D eigenvalue weighted by molar-refractivity contribution is 7.39. The summed E-state index contributed by atoms with van der Waals surface area (Å²) in [7, 11) is -63.5. The molecule has 0 aliphatic carbocycles. The van der Waals surface area contributed by atoms with Crippen LogP contribution in [0, 0.1) is 0 Å². The first-order valence-corrected chi connectivity index (χ1v) is 110. The van der Waals surface area contributed by atoms with Crippen LogP contribution in [-0.4, -0.2) is 265 Å². The Bertz CT molecular complexity index is 3030. The van der Waals surface area contributed by atoms with Crippen LogP contribution >= 0.6 is 0 Å². The van der Waals surface area contributed by atoms with E-state index in [0.717, 1.165) is 13.0 Å². The Morgan fingerprint density at radius 2 is 0.358 bits per heavy atom. The number of carbonyl (C=O) groups excluding carboxylic acids is 1. The molecule has 0 fully saturated rings. The SMILES string of the molecule is C=C(C)C(=O)OCCOCCOCCOCCOCCCCCCCCCCC[Si](C)(C)[Si](C)(C)O[Si](C)(C)O[Si](C)(C)O[Si](C)(C)O[Si](C)(C)O[Si](C)(C)O[Si](C)(C)O[Si](C)(C)O[Si](C)(C)O[Si](C)(C)O[Si](C)(C)O[Si](C)(C)O[Si](C)(C)O[Si](C)(C)O[Si](C)(C)O[Si](C)(C)O[Si](C)(C)O[Si](C)(C)O[Si](C)(C)O[Si](C)(C)O[Si](C)(C)O[Si](C)(C)O. The summed E-state index contributed by atoms with van der Waals surface area (Å²) in [6.07, 6.45) is 11.2. The third-order valence-corrected chi connectivity index (χ3v) is 116. The number of hydrogen-bond donors (Lipinski definition) is 1. The smallest absolute Gasteiger partial charge is 0.333 e. The molecule has 0 atom stereocenters. The highest BCUT2D eigenvalue weighted by Crippen LogP contribution is 2.37. The van der Waals surface area contributed by atoms with E-state index < -0.39 is 201 Å². The summed E-state index contributed by atoms with van der Waals surface area (Å²) in [5.74, 6) is -0.406. The Hall–Kier alpha value is 3.16. The molecule has 0 spiro atoms. The molecular weight excluding hydrogens is 1920 g/mol. The second-order valence-corrected chi connectivity index (χ2v) is 133. The zero-order chi connectivity index (χ0) is 94.5. The Labute approximate surface area is 758 Å². The van der Waals surface area contributed by atoms with Gasteiger partial charge in [0, 0.05) is 12.2 Å². The van der Waals surface area contributed by atoms with Crippen LogP contribution in [0.25, 0.3) is 0 Å². The van der Waals surface area contributed by atoms with Gasteiger partial charge < -0.3 is 115 Å². The number of ether oxygens (including phenoxy) is 5. The summed E-state index contributed by atoms with van der Waals surface area (Å²) in [5, 5.41) is 0. The Morgan fingerprint density at radius 1 is 0.208 bits per heavy atom. The third-order valence-electron chi connectivity index (χ3n) is 17.0. The van der Waals surface area contributed by atoms with Crippen molar-refractivity contribution >= 4 is 201 Å². The minimum absolute atomic E-state index is 0.203. The molecule has 0 radical (unpaired) electrons. The highest BCUT2D eigenvalue weighted by Gasteiger charge is 2.56. The van der Waals surface area contributed by atoms with Gasteiger partial charge in [0.25, 0.3) is 0 Å². The molecule has 0 amide bonds. The lowest BCUT2D eigenvalue weighted by Gasteiger charge is -2.46. The first kappa shape index (κ1) is 123. The summed E-state index contributed by atoms with van der Waals surface area (Å²) >= 11 is 0. The molecule has 0 saturated heterocycles. The van der Waals surface area contributed by atoms with Crippen molar-refractivity contribution < 1.29 is 120 Å². The minimum Gasteiger partial charge on any atom is -0.460 e. The van der Waals surface area contributed by atoms with E-state index in [0.29, 0.717) is 51.8 Å². The number of esters is 1. The molecule has 0 aliphatic rings. The molecule has 51 heteroatoms. The molecule has 718 valence electrons. The second kappa shape index (κ2) is 48.6. The normalized spacial score (nSPS) is 15.2. The van der Waals surface area contributed by atoms with Crippen LogP contribution in [-0.2, 0) is 115 Å². The summed E-state index contributed by atoms with van der Waals surface area (Å²) in [6, 6.07) is 1.27. The summed E-state index contributed by atoms with van der Waals surface area (Å²) in [6.45, 7) is 105. The Balaban J connectivity index is 5.43. The van der Waals surface area contributed by atoms with E-state index in [9.17, 15) is 9.59 Å². The van der Waals surface area contributed by atoms with E-state index in [1.807, 2.05) is 105 Å². The molecular formula is C69H182O28Si23. The topological polar surface area (TPSA) is 277 Å². The van der Waals surface area contributed by atoms with Crippen LogP contribution in [0.1, 0.15) is 64.7 Å². The van der Waals surface area contributed by atoms with Gasteiger partial charge in [-0.05, 0) is 301 Å². The van der Waals surface area contributed by atoms with Gasteiger partial charge >= 0.3 is 186 Å². The van der Waals surface area contributed by atoms with Crippen molar-refractivity contribution in [2.24, 2.45) is 0 Å². The first-order valence-electron chi connectivity index (χ1n) is 43.5. The van der Waals surface area contributed by atoms with Crippen molar-refractivity contribution in [1.82, 2.24) is 0 Å². The lowest BCUT2D eigenvalue weighted by Crippen LogP contribution is -2.65. The van der Waals surface area contributed by atoms with Crippen LogP contribution in [0.4, 0.5) is 0 Å². The van der Waals surface area contributed by atoms with Gasteiger partial charge in [0.2, 0.25) is 0 Å². The van der Waals surface area contributed by atoms with Gasteiger partial charge in [-0.2, -0.15) is 0 Å². The average Bonchev–Trinajstić information content (AvgIpc) is 0.800. The second-order valence-electron chi connectivity index (χ2n) is 42.3. The highest BCUT2D eigenvalue weighted by atomic mass is 29.3. The molecule has 0 aliphatic heterocycles. The molecule has 0 aromatic rings. The van der Waals surface area contributed by atoms with Crippen molar-refractivity contribution in [2.45, 2.75) is 372 Å². The van der Waals surface area contributed by atoms with E-state index in [2.05, 4.69) is 190 Å². The minimum atomic E-state index is -2.92. The molecule has 0 aromatic carbocycles. The summed E-state index contributed by atoms with van der Waals surface area (Å²) in [5.41, 5.74) is 0.376. The largest absolute Gasteiger partial charge is 0.460 e. The molecule has 28 nitrogen and oxygen atoms in total. The van der Waals surface area contributed by atoms with E-state index in [-0.39, 0.29) is 6.61 Å². The van der Waals surface area contributed by atoms with Crippen molar-refractivity contribution in [3.8, 4) is 0 Å². The van der Waals surface area contributed by atoms with Crippen molar-refractivity contribution in [3.05, 3.63) is 12.2 Å². The summed E-state index contributed by atoms with van der Waals surface area (Å²) < 4.78 is 173. The predicted octanol–water partition coefficient (Wildman–Crippen LogP) is 20.8. The molecule has 0 rings (SSSR count). The monoisotopic (exact) mass is 2100 g/mol. The molecule has 0 heterocycles. The lowest BCUT2D eigenvalue weighted by molar-refractivity contribution is -0.140. The average molecular weight is 2110 g/mol. The maximum atomic E-state index is 11.4. The van der Waals surface area contributed by atoms with Crippen molar-refractivity contribution in [1.29, 1.82) is 0 Å². The number of unbranched alkanes of at least 4 members (excludes halogenated alkanes) is 8. The Morgan fingerprint density at radius 3 is 0.542 bits per heavy atom. The molecule has 1 N–H and O–H groups in total. The number of carbonyl (C=O) groups is 1. The molecule has 0 bridgehead atoms. The first-order chi connectivity index (χ1) is 52.9. The number of hydrogen-bond acceptors (Lipinski definition) is 28. The van der Waals surface area contributed by atoms with Crippen LogP contribution in [0.3, 0.4) is 0 Å². The Kier molecular flexibility index (Phi) is 49.8. The maximum absolute atomic E-state index is 11.4. The van der Waals surface area contributed by atoms with Gasteiger partial charge in [0.05, 0.1) is 53.8 Å². The summed E-state index contributed by atoms with van der Waals surface area (Å²) in [4.78, 5) is 21.9. The molecule has 120 heavy (non-hydrogen) atoms. The lowest BCUT2D eigenvalue weighted by atomic mass is 10.1.